The number of nitrogens with one attached hydrogen (secondary N) is 1. The molecule has 1 atom stereocenters. The molecule has 0 spiro atoms. The topological polar surface area (TPSA) is 15.3 Å². The molecule has 2 heteroatoms. The normalized spacial score (nSPS) is 27.5. The lowest BCUT2D eigenvalue weighted by Crippen LogP contribution is -2.29. The van der Waals surface area contributed by atoms with Crippen molar-refractivity contribution in [3.05, 3.63) is 0 Å². The van der Waals surface area contributed by atoms with Gasteiger partial charge >= 0.3 is 0 Å². The quantitative estimate of drug-likeness (QED) is 0.538. The van der Waals surface area contributed by atoms with Gasteiger partial charge in [-0.1, -0.05) is 12.8 Å². The Morgan fingerprint density at radius 3 is 3.27 bits per heavy atom. The van der Waals surface area contributed by atoms with Crippen molar-refractivity contribution in [2.75, 3.05) is 32.7 Å². The molecule has 1 aliphatic rings. The zero-order valence-corrected chi connectivity index (χ0v) is 7.14. The van der Waals surface area contributed by atoms with Gasteiger partial charge in [-0.05, 0) is 12.5 Å². The van der Waals surface area contributed by atoms with Gasteiger partial charge in [0.2, 0.25) is 0 Å². The Hall–Kier alpha value is -0.520. The van der Waals surface area contributed by atoms with Gasteiger partial charge in [0.1, 0.15) is 0 Å². The van der Waals surface area contributed by atoms with Gasteiger partial charge in [0.25, 0.3) is 0 Å². The molecule has 1 unspecified atom stereocenters. The third kappa shape index (κ3) is 2.92. The molecule has 1 N–H and O–H groups in total. The number of hydrogen-bond donors (Lipinski definition) is 1. The van der Waals surface area contributed by atoms with Crippen molar-refractivity contribution < 1.29 is 0 Å². The first-order valence-corrected chi connectivity index (χ1v) is 4.19. The Bertz CT molecular complexity index is 148. The molecule has 11 heavy (non-hydrogen) atoms. The van der Waals surface area contributed by atoms with E-state index in [2.05, 4.69) is 23.1 Å². The second-order valence-electron chi connectivity index (χ2n) is 3.25. The molecule has 1 aliphatic heterocycles. The lowest BCUT2D eigenvalue weighted by atomic mass is 10.2. The molecule has 62 valence electrons. The Morgan fingerprint density at radius 2 is 2.55 bits per heavy atom. The van der Waals surface area contributed by atoms with Crippen molar-refractivity contribution in [2.45, 2.75) is 6.92 Å². The largest absolute Gasteiger partial charge is 0.315 e. The predicted octanol–water partition coefficient (Wildman–Crippen LogP) is 0.161. The zero-order valence-electron chi connectivity index (χ0n) is 7.14. The summed E-state index contributed by atoms with van der Waals surface area (Å²) in [4.78, 5) is 2.32. The monoisotopic (exact) mass is 152 g/mol. The molecule has 0 aromatic carbocycles. The van der Waals surface area contributed by atoms with E-state index >= 15 is 0 Å². The second-order valence-corrected chi connectivity index (χ2v) is 3.25. The minimum atomic E-state index is 0.728. The van der Waals surface area contributed by atoms with E-state index in [9.17, 15) is 0 Å². The summed E-state index contributed by atoms with van der Waals surface area (Å²) >= 11 is 0. The van der Waals surface area contributed by atoms with Crippen LogP contribution in [-0.4, -0.2) is 37.6 Å². The van der Waals surface area contributed by atoms with Crippen LogP contribution in [0.3, 0.4) is 0 Å². The Morgan fingerprint density at radius 1 is 1.73 bits per heavy atom. The minimum absolute atomic E-state index is 0.728. The molecule has 1 fully saturated rings. The molecule has 0 amide bonds. The minimum Gasteiger partial charge on any atom is -0.315 e. The molecule has 0 radical (unpaired) electrons. The van der Waals surface area contributed by atoms with Gasteiger partial charge in [-0.15, -0.1) is 6.42 Å². The highest BCUT2D eigenvalue weighted by molar-refractivity contribution is 4.89. The maximum Gasteiger partial charge on any atom is 0.0599 e. The fourth-order valence-electron chi connectivity index (χ4n) is 1.45. The van der Waals surface area contributed by atoms with Crippen LogP contribution in [0.1, 0.15) is 6.92 Å². The van der Waals surface area contributed by atoms with Crippen molar-refractivity contribution in [1.82, 2.24) is 10.2 Å². The van der Waals surface area contributed by atoms with Crippen LogP contribution in [0.5, 0.6) is 0 Å². The van der Waals surface area contributed by atoms with Crippen LogP contribution in [0, 0.1) is 18.3 Å². The molecular formula is C9H16N2. The fourth-order valence-corrected chi connectivity index (χ4v) is 1.45. The third-order valence-corrected chi connectivity index (χ3v) is 1.98. The van der Waals surface area contributed by atoms with E-state index in [0.29, 0.717) is 0 Å². The molecule has 0 aliphatic carbocycles. The molecule has 0 aromatic heterocycles. The van der Waals surface area contributed by atoms with E-state index in [4.69, 9.17) is 6.42 Å². The lowest BCUT2D eigenvalue weighted by Gasteiger charge is -2.18. The molecule has 1 heterocycles. The Kier molecular flexibility index (Phi) is 3.41. The first-order chi connectivity index (χ1) is 5.33. The number of hydrogen-bond acceptors (Lipinski definition) is 2. The van der Waals surface area contributed by atoms with Gasteiger partial charge in [0.05, 0.1) is 6.54 Å². The van der Waals surface area contributed by atoms with Crippen molar-refractivity contribution in [3.8, 4) is 12.3 Å². The average Bonchev–Trinajstić information content (AvgIpc) is 2.15. The van der Waals surface area contributed by atoms with Gasteiger partial charge < -0.3 is 5.32 Å². The third-order valence-electron chi connectivity index (χ3n) is 1.98. The highest BCUT2D eigenvalue weighted by atomic mass is 15.1. The van der Waals surface area contributed by atoms with Crippen LogP contribution in [0.2, 0.25) is 0 Å². The van der Waals surface area contributed by atoms with Crippen molar-refractivity contribution in [2.24, 2.45) is 5.92 Å². The SMILES string of the molecule is C#CCN1CCNCC(C)C1. The lowest BCUT2D eigenvalue weighted by molar-refractivity contribution is 0.296. The second kappa shape index (κ2) is 4.38. The van der Waals surface area contributed by atoms with E-state index < -0.39 is 0 Å². The van der Waals surface area contributed by atoms with Crippen LogP contribution in [-0.2, 0) is 0 Å². The Labute approximate surface area is 69.0 Å². The maximum absolute atomic E-state index is 5.24. The van der Waals surface area contributed by atoms with Crippen molar-refractivity contribution >= 4 is 0 Å². The molecule has 0 bridgehead atoms. The van der Waals surface area contributed by atoms with Crippen LogP contribution in [0.15, 0.2) is 0 Å². The van der Waals surface area contributed by atoms with E-state index in [1.54, 1.807) is 0 Å². The molecule has 0 aromatic rings. The molecule has 1 rings (SSSR count). The number of rotatable bonds is 1. The maximum atomic E-state index is 5.24. The van der Waals surface area contributed by atoms with Crippen LogP contribution >= 0.6 is 0 Å². The summed E-state index contributed by atoms with van der Waals surface area (Å²) in [6.07, 6.45) is 5.24. The summed E-state index contributed by atoms with van der Waals surface area (Å²) in [6.45, 7) is 7.48. The van der Waals surface area contributed by atoms with E-state index in [1.807, 2.05) is 0 Å². The summed E-state index contributed by atoms with van der Waals surface area (Å²) in [5.74, 6) is 3.41. The highest BCUT2D eigenvalue weighted by Crippen LogP contribution is 2.00. The predicted molar refractivity (Wildman–Crippen MR) is 47.3 cm³/mol. The smallest absolute Gasteiger partial charge is 0.0599 e. The molecule has 0 saturated carbocycles. The molecular weight excluding hydrogens is 136 g/mol. The van der Waals surface area contributed by atoms with E-state index in [1.165, 1.54) is 0 Å². The number of terminal acetylenes is 1. The van der Waals surface area contributed by atoms with Gasteiger partial charge in [-0.3, -0.25) is 4.90 Å². The average molecular weight is 152 g/mol. The summed E-state index contributed by atoms with van der Waals surface area (Å²) in [5, 5.41) is 3.38. The summed E-state index contributed by atoms with van der Waals surface area (Å²) in [6, 6.07) is 0. The fraction of sp³-hybridized carbons (Fsp3) is 0.778. The van der Waals surface area contributed by atoms with Crippen LogP contribution in [0.25, 0.3) is 0 Å². The summed E-state index contributed by atoms with van der Waals surface area (Å²) < 4.78 is 0. The van der Waals surface area contributed by atoms with Crippen LogP contribution in [0.4, 0.5) is 0 Å². The van der Waals surface area contributed by atoms with Crippen LogP contribution < -0.4 is 5.32 Å². The van der Waals surface area contributed by atoms with Gasteiger partial charge in [-0.2, -0.15) is 0 Å². The first-order valence-electron chi connectivity index (χ1n) is 4.19. The van der Waals surface area contributed by atoms with Crippen molar-refractivity contribution in [1.29, 1.82) is 0 Å². The standard InChI is InChI=1S/C9H16N2/c1-3-5-11-6-4-10-7-9(2)8-11/h1,9-10H,4-8H2,2H3. The van der Waals surface area contributed by atoms with E-state index in [-0.39, 0.29) is 0 Å². The molecule has 2 nitrogen and oxygen atoms in total. The molecule has 1 saturated heterocycles. The van der Waals surface area contributed by atoms with E-state index in [0.717, 1.165) is 38.6 Å². The highest BCUT2D eigenvalue weighted by Gasteiger charge is 2.12. The summed E-state index contributed by atoms with van der Waals surface area (Å²) in [7, 11) is 0. The first kappa shape index (κ1) is 8.58. The Balaban J connectivity index is 2.34. The van der Waals surface area contributed by atoms with Gasteiger partial charge in [0.15, 0.2) is 0 Å². The van der Waals surface area contributed by atoms with Gasteiger partial charge in [-0.25, -0.2) is 0 Å². The zero-order chi connectivity index (χ0) is 8.10. The van der Waals surface area contributed by atoms with Crippen molar-refractivity contribution in [3.63, 3.8) is 0 Å². The number of nitrogens with zero attached hydrogens (tertiary/aromatic N) is 1. The summed E-state index contributed by atoms with van der Waals surface area (Å²) in [5.41, 5.74) is 0. The van der Waals surface area contributed by atoms with Gasteiger partial charge in [0, 0.05) is 19.6 Å².